The molecule has 0 saturated heterocycles. The van der Waals surface area contributed by atoms with Crippen molar-refractivity contribution >= 4 is 23.1 Å². The molecule has 132 valence electrons. The van der Waals surface area contributed by atoms with Crippen LogP contribution >= 0.6 is 11.6 Å². The van der Waals surface area contributed by atoms with Crippen LogP contribution in [0.2, 0.25) is 5.02 Å². The maximum absolute atomic E-state index is 12.5. The lowest BCUT2D eigenvalue weighted by Crippen LogP contribution is -2.13. The molecule has 1 aliphatic rings. The van der Waals surface area contributed by atoms with E-state index in [1.807, 2.05) is 45.0 Å². The molecule has 0 spiro atoms. The van der Waals surface area contributed by atoms with Crippen LogP contribution in [-0.4, -0.2) is 12.6 Å². The summed E-state index contributed by atoms with van der Waals surface area (Å²) in [5, 5.41) is 0.631. The highest BCUT2D eigenvalue weighted by molar-refractivity contribution is 6.32. The summed E-state index contributed by atoms with van der Waals surface area (Å²) in [4.78, 5) is 12.5. The summed E-state index contributed by atoms with van der Waals surface area (Å²) >= 11 is 6.23. The number of ether oxygens (including phenoxy) is 1. The normalized spacial score (nSPS) is 21.6. The molecule has 0 aromatic heterocycles. The van der Waals surface area contributed by atoms with Gasteiger partial charge in [-0.05, 0) is 49.3 Å². The van der Waals surface area contributed by atoms with Crippen molar-refractivity contribution in [1.82, 2.24) is 0 Å². The van der Waals surface area contributed by atoms with Gasteiger partial charge in [0.25, 0.3) is 0 Å². The Morgan fingerprint density at radius 1 is 1.32 bits per heavy atom. The molecule has 0 radical (unpaired) electrons. The van der Waals surface area contributed by atoms with E-state index >= 15 is 0 Å². The average Bonchev–Trinajstić information content (AvgIpc) is 3.07. The van der Waals surface area contributed by atoms with E-state index in [1.165, 1.54) is 5.57 Å². The quantitative estimate of drug-likeness (QED) is 0.394. The number of carbonyl (C=O) groups is 1. The van der Waals surface area contributed by atoms with Gasteiger partial charge in [-0.15, -0.1) is 6.42 Å². The average molecular weight is 357 g/mol. The molecule has 1 saturated carbocycles. The van der Waals surface area contributed by atoms with Crippen molar-refractivity contribution in [3.63, 3.8) is 0 Å². The number of hydrogen-bond acceptors (Lipinski definition) is 2. The van der Waals surface area contributed by atoms with Gasteiger partial charge in [0.1, 0.15) is 6.61 Å². The summed E-state index contributed by atoms with van der Waals surface area (Å²) in [6.45, 7) is 10.3. The third-order valence-electron chi connectivity index (χ3n) is 4.94. The number of hydrogen-bond donors (Lipinski definition) is 0. The lowest BCUT2D eigenvalue weighted by molar-refractivity contribution is -0.145. The summed E-state index contributed by atoms with van der Waals surface area (Å²) in [5.74, 6) is 2.57. The molecule has 0 bridgehead atoms. The van der Waals surface area contributed by atoms with E-state index in [1.54, 1.807) is 0 Å². The minimum Gasteiger partial charge on any atom is -0.460 e. The second-order valence-corrected chi connectivity index (χ2v) is 7.81. The Labute approximate surface area is 155 Å². The van der Waals surface area contributed by atoms with Gasteiger partial charge < -0.3 is 4.74 Å². The van der Waals surface area contributed by atoms with Gasteiger partial charge in [0.2, 0.25) is 0 Å². The van der Waals surface area contributed by atoms with Gasteiger partial charge in [0.15, 0.2) is 0 Å². The molecule has 1 fully saturated rings. The summed E-state index contributed by atoms with van der Waals surface area (Å²) in [6.07, 6.45) is 7.79. The Bertz CT molecular complexity index is 773. The molecule has 1 aromatic carbocycles. The number of terminal acetylenes is 1. The SMILES string of the molecule is C#C/C(COC(=O)C1C(C=C(C)C)C1(C)C)=C(/C)c1ccccc1Cl. The molecule has 1 aliphatic carbocycles. The third-order valence-corrected chi connectivity index (χ3v) is 5.27. The van der Waals surface area contributed by atoms with Crippen molar-refractivity contribution in [2.24, 2.45) is 17.3 Å². The third kappa shape index (κ3) is 4.17. The lowest BCUT2D eigenvalue weighted by atomic mass is 10.0. The first-order valence-corrected chi connectivity index (χ1v) is 8.80. The number of esters is 1. The van der Waals surface area contributed by atoms with E-state index in [4.69, 9.17) is 22.8 Å². The molecule has 2 unspecified atom stereocenters. The molecule has 2 nitrogen and oxygen atoms in total. The van der Waals surface area contributed by atoms with Crippen LogP contribution in [0.15, 0.2) is 41.5 Å². The number of carbonyl (C=O) groups excluding carboxylic acids is 1. The zero-order valence-corrected chi connectivity index (χ0v) is 16.3. The molecule has 0 aliphatic heterocycles. The Morgan fingerprint density at radius 3 is 2.52 bits per heavy atom. The Balaban J connectivity index is 2.11. The molecule has 2 rings (SSSR count). The topological polar surface area (TPSA) is 26.3 Å². The second-order valence-electron chi connectivity index (χ2n) is 7.40. The fourth-order valence-electron chi connectivity index (χ4n) is 3.22. The molecule has 1 aromatic rings. The minimum atomic E-state index is -0.188. The van der Waals surface area contributed by atoms with E-state index in [2.05, 4.69) is 25.8 Å². The Morgan fingerprint density at radius 2 is 1.96 bits per heavy atom. The van der Waals surface area contributed by atoms with Crippen LogP contribution in [0.3, 0.4) is 0 Å². The molecular formula is C22H25ClO2. The van der Waals surface area contributed by atoms with Crippen LogP contribution < -0.4 is 0 Å². The van der Waals surface area contributed by atoms with Gasteiger partial charge >= 0.3 is 5.97 Å². The van der Waals surface area contributed by atoms with E-state index in [9.17, 15) is 4.79 Å². The highest BCUT2D eigenvalue weighted by atomic mass is 35.5. The number of halogens is 1. The Kier molecular flexibility index (Phi) is 5.80. The van der Waals surface area contributed by atoms with Crippen molar-refractivity contribution in [1.29, 1.82) is 0 Å². The van der Waals surface area contributed by atoms with E-state index in [0.717, 1.165) is 11.1 Å². The van der Waals surface area contributed by atoms with Crippen LogP contribution in [0.5, 0.6) is 0 Å². The maximum Gasteiger partial charge on any atom is 0.310 e. The number of rotatable bonds is 5. The van der Waals surface area contributed by atoms with Gasteiger partial charge in [0.05, 0.1) is 5.92 Å². The maximum atomic E-state index is 12.5. The predicted molar refractivity (Wildman–Crippen MR) is 104 cm³/mol. The van der Waals surface area contributed by atoms with Crippen LogP contribution in [0.25, 0.3) is 5.57 Å². The predicted octanol–water partition coefficient (Wildman–Crippen LogP) is 5.53. The first-order valence-electron chi connectivity index (χ1n) is 8.43. The summed E-state index contributed by atoms with van der Waals surface area (Å²) in [7, 11) is 0. The number of allylic oxidation sites excluding steroid dienone is 3. The zero-order chi connectivity index (χ0) is 18.8. The smallest absolute Gasteiger partial charge is 0.310 e. The van der Waals surface area contributed by atoms with Crippen molar-refractivity contribution in [3.05, 3.63) is 52.1 Å². The van der Waals surface area contributed by atoms with Crippen molar-refractivity contribution in [3.8, 4) is 12.3 Å². The largest absolute Gasteiger partial charge is 0.460 e. The number of benzene rings is 1. The monoisotopic (exact) mass is 356 g/mol. The first kappa shape index (κ1) is 19.3. The molecular weight excluding hydrogens is 332 g/mol. The minimum absolute atomic E-state index is 0.0633. The van der Waals surface area contributed by atoms with Crippen LogP contribution in [0.1, 0.15) is 40.2 Å². The summed E-state index contributed by atoms with van der Waals surface area (Å²) < 4.78 is 5.54. The van der Waals surface area contributed by atoms with E-state index in [0.29, 0.717) is 10.6 Å². The van der Waals surface area contributed by atoms with Gasteiger partial charge in [0, 0.05) is 10.6 Å². The second kappa shape index (κ2) is 7.50. The lowest BCUT2D eigenvalue weighted by Gasteiger charge is -2.10. The summed E-state index contributed by atoms with van der Waals surface area (Å²) in [5.41, 5.74) is 3.51. The Hall–Kier alpha value is -1.98. The molecule has 0 heterocycles. The zero-order valence-electron chi connectivity index (χ0n) is 15.5. The van der Waals surface area contributed by atoms with Crippen molar-refractivity contribution < 1.29 is 9.53 Å². The highest BCUT2D eigenvalue weighted by Crippen LogP contribution is 2.59. The summed E-state index contributed by atoms with van der Waals surface area (Å²) in [6, 6.07) is 7.50. The molecule has 2 atom stereocenters. The van der Waals surface area contributed by atoms with Gasteiger partial charge in [-0.2, -0.15) is 0 Å². The van der Waals surface area contributed by atoms with Gasteiger partial charge in [-0.1, -0.05) is 61.2 Å². The standard InChI is InChI=1S/C22H25ClO2/c1-7-16(15(4)17-10-8-9-11-19(17)23)13-25-21(24)20-18(12-14(2)3)22(20,5)6/h1,8-12,18,20H,13H2,2-6H3/b16-15+. The highest BCUT2D eigenvalue weighted by Gasteiger charge is 2.61. The van der Waals surface area contributed by atoms with Gasteiger partial charge in [-0.3, -0.25) is 4.79 Å². The van der Waals surface area contributed by atoms with Gasteiger partial charge in [-0.25, -0.2) is 0 Å². The molecule has 0 amide bonds. The molecule has 3 heteroatoms. The fraction of sp³-hybridized carbons (Fsp3) is 0.409. The van der Waals surface area contributed by atoms with E-state index < -0.39 is 0 Å². The molecule has 25 heavy (non-hydrogen) atoms. The van der Waals surface area contributed by atoms with Crippen LogP contribution in [0, 0.1) is 29.6 Å². The van der Waals surface area contributed by atoms with Crippen LogP contribution in [-0.2, 0) is 9.53 Å². The van der Waals surface area contributed by atoms with Crippen LogP contribution in [0.4, 0.5) is 0 Å². The molecule has 0 N–H and O–H groups in total. The van der Waals surface area contributed by atoms with Crippen molar-refractivity contribution in [2.45, 2.75) is 34.6 Å². The van der Waals surface area contributed by atoms with E-state index in [-0.39, 0.29) is 29.8 Å². The van der Waals surface area contributed by atoms with Crippen molar-refractivity contribution in [2.75, 3.05) is 6.61 Å². The first-order chi connectivity index (χ1) is 11.7. The fourth-order valence-corrected chi connectivity index (χ4v) is 3.49.